The van der Waals surface area contributed by atoms with Crippen molar-refractivity contribution in [2.24, 2.45) is 0 Å². The molecule has 0 aromatic carbocycles. The van der Waals surface area contributed by atoms with E-state index in [4.69, 9.17) is 9.47 Å². The van der Waals surface area contributed by atoms with Crippen molar-refractivity contribution in [2.75, 3.05) is 60.7 Å². The van der Waals surface area contributed by atoms with Gasteiger partial charge in [-0.1, -0.05) is 6.92 Å². The molecule has 0 bridgehead atoms. The summed E-state index contributed by atoms with van der Waals surface area (Å²) in [6.07, 6.45) is 1.49. The van der Waals surface area contributed by atoms with E-state index >= 15 is 0 Å². The minimum Gasteiger partial charge on any atom is -0.469 e. The quantitative estimate of drug-likeness (QED) is 0.317. The molecule has 5 heteroatoms. The molecule has 0 atom stereocenters. The summed E-state index contributed by atoms with van der Waals surface area (Å²) >= 11 is 0. The van der Waals surface area contributed by atoms with Gasteiger partial charge in [0.15, 0.2) is 0 Å². The topological polar surface area (TPSA) is 44.8 Å². The SMILES string of the molecule is CCC[N+](C)(C)CCOCCOCCC(=O)OC. The number of nitrogens with zero attached hydrogens (tertiary/aromatic N) is 1. The van der Waals surface area contributed by atoms with E-state index in [2.05, 4.69) is 25.8 Å². The minimum absolute atomic E-state index is 0.241. The average molecular weight is 262 g/mol. The summed E-state index contributed by atoms with van der Waals surface area (Å²) in [4.78, 5) is 10.8. The summed E-state index contributed by atoms with van der Waals surface area (Å²) in [6.45, 7) is 6.61. The molecule has 0 rings (SSSR count). The van der Waals surface area contributed by atoms with Gasteiger partial charge in [0.25, 0.3) is 0 Å². The molecule has 18 heavy (non-hydrogen) atoms. The molecule has 0 N–H and O–H groups in total. The highest BCUT2D eigenvalue weighted by atomic mass is 16.5. The van der Waals surface area contributed by atoms with Crippen molar-refractivity contribution >= 4 is 5.97 Å². The second-order valence-corrected chi connectivity index (χ2v) is 4.93. The van der Waals surface area contributed by atoms with Crippen LogP contribution in [0.3, 0.4) is 0 Å². The summed E-state index contributed by atoms with van der Waals surface area (Å²) in [5.74, 6) is -0.241. The Bertz CT molecular complexity index is 219. The van der Waals surface area contributed by atoms with Gasteiger partial charge in [-0.05, 0) is 6.42 Å². The molecule has 0 fully saturated rings. The van der Waals surface area contributed by atoms with Crippen LogP contribution in [-0.2, 0) is 19.0 Å². The maximum Gasteiger partial charge on any atom is 0.307 e. The predicted molar refractivity (Wildman–Crippen MR) is 70.4 cm³/mol. The van der Waals surface area contributed by atoms with Crippen molar-refractivity contribution in [3.63, 3.8) is 0 Å². The first-order chi connectivity index (χ1) is 8.52. The number of hydrogen-bond donors (Lipinski definition) is 0. The Kier molecular flexibility index (Phi) is 9.92. The van der Waals surface area contributed by atoms with Gasteiger partial charge in [0.05, 0.1) is 60.6 Å². The van der Waals surface area contributed by atoms with Crippen LogP contribution in [0.2, 0.25) is 0 Å². The van der Waals surface area contributed by atoms with Crippen LogP contribution in [-0.4, -0.2) is 71.2 Å². The maximum absolute atomic E-state index is 10.8. The number of likely N-dealkylation sites (N-methyl/N-ethyl adjacent to an activating group) is 1. The lowest BCUT2D eigenvalue weighted by Gasteiger charge is -2.29. The highest BCUT2D eigenvalue weighted by Crippen LogP contribution is 1.98. The third-order valence-corrected chi connectivity index (χ3v) is 2.72. The molecule has 0 aliphatic heterocycles. The normalized spacial score (nSPS) is 11.6. The second kappa shape index (κ2) is 10.3. The molecule has 0 amide bonds. The molecule has 0 spiro atoms. The van der Waals surface area contributed by atoms with E-state index in [1.807, 2.05) is 0 Å². The zero-order valence-electron chi connectivity index (χ0n) is 12.2. The second-order valence-electron chi connectivity index (χ2n) is 4.93. The van der Waals surface area contributed by atoms with Crippen molar-refractivity contribution < 1.29 is 23.5 Å². The summed E-state index contributed by atoms with van der Waals surface area (Å²) in [6, 6.07) is 0. The standard InChI is InChI=1S/C13H28NO4/c1-5-7-14(2,3)8-10-18-12-11-17-9-6-13(15)16-4/h5-12H2,1-4H3/q+1. The lowest BCUT2D eigenvalue weighted by molar-refractivity contribution is -0.890. The largest absolute Gasteiger partial charge is 0.469 e. The van der Waals surface area contributed by atoms with Crippen LogP contribution in [0, 0.1) is 0 Å². The van der Waals surface area contributed by atoms with Crippen LogP contribution < -0.4 is 0 Å². The van der Waals surface area contributed by atoms with Crippen LogP contribution in [0.4, 0.5) is 0 Å². The van der Waals surface area contributed by atoms with E-state index in [-0.39, 0.29) is 5.97 Å². The van der Waals surface area contributed by atoms with E-state index in [9.17, 15) is 4.79 Å². The molecule has 0 aromatic rings. The van der Waals surface area contributed by atoms with Gasteiger partial charge < -0.3 is 18.7 Å². The van der Waals surface area contributed by atoms with Gasteiger partial charge >= 0.3 is 5.97 Å². The van der Waals surface area contributed by atoms with Crippen molar-refractivity contribution in [2.45, 2.75) is 19.8 Å². The third kappa shape index (κ3) is 10.5. The van der Waals surface area contributed by atoms with Gasteiger partial charge in [0, 0.05) is 0 Å². The number of rotatable bonds is 11. The van der Waals surface area contributed by atoms with Crippen molar-refractivity contribution in [3.05, 3.63) is 0 Å². The Labute approximate surface area is 111 Å². The summed E-state index contributed by atoms with van der Waals surface area (Å²) in [7, 11) is 5.79. The van der Waals surface area contributed by atoms with Crippen LogP contribution in [0.1, 0.15) is 19.8 Å². The Morgan fingerprint density at radius 2 is 1.61 bits per heavy atom. The van der Waals surface area contributed by atoms with E-state index in [0.29, 0.717) is 26.2 Å². The Morgan fingerprint density at radius 1 is 1.00 bits per heavy atom. The molecule has 0 heterocycles. The number of carbonyl (C=O) groups is 1. The molecule has 0 saturated carbocycles. The molecule has 0 radical (unpaired) electrons. The van der Waals surface area contributed by atoms with E-state index in [1.165, 1.54) is 20.1 Å². The molecule has 108 valence electrons. The summed E-state index contributed by atoms with van der Waals surface area (Å²) in [5, 5.41) is 0. The molecular weight excluding hydrogens is 234 g/mol. The number of hydrogen-bond acceptors (Lipinski definition) is 4. The lowest BCUT2D eigenvalue weighted by Crippen LogP contribution is -2.42. The van der Waals surface area contributed by atoms with Crippen LogP contribution >= 0.6 is 0 Å². The van der Waals surface area contributed by atoms with Crippen molar-refractivity contribution in [3.8, 4) is 0 Å². The first-order valence-corrected chi connectivity index (χ1v) is 6.56. The van der Waals surface area contributed by atoms with Crippen LogP contribution in [0.25, 0.3) is 0 Å². The van der Waals surface area contributed by atoms with Gasteiger partial charge in [-0.3, -0.25) is 4.79 Å². The summed E-state index contributed by atoms with van der Waals surface area (Å²) in [5.41, 5.74) is 0. The van der Waals surface area contributed by atoms with Crippen molar-refractivity contribution in [1.29, 1.82) is 0 Å². The fraction of sp³-hybridized carbons (Fsp3) is 0.923. The number of ether oxygens (including phenoxy) is 3. The predicted octanol–water partition coefficient (Wildman–Crippen LogP) is 1.07. The fourth-order valence-electron chi connectivity index (χ4n) is 1.61. The number of methoxy groups -OCH3 is 1. The monoisotopic (exact) mass is 262 g/mol. The van der Waals surface area contributed by atoms with Gasteiger partial charge in [-0.15, -0.1) is 0 Å². The summed E-state index contributed by atoms with van der Waals surface area (Å²) < 4.78 is 16.2. The Hall–Kier alpha value is -0.650. The molecular formula is C13H28NO4+. The van der Waals surface area contributed by atoms with Crippen LogP contribution in [0.15, 0.2) is 0 Å². The molecule has 5 nitrogen and oxygen atoms in total. The first kappa shape index (κ1) is 17.4. The number of carbonyl (C=O) groups excluding carboxylic acids is 1. The number of quaternary nitrogens is 1. The third-order valence-electron chi connectivity index (χ3n) is 2.72. The Morgan fingerprint density at radius 3 is 2.17 bits per heavy atom. The van der Waals surface area contributed by atoms with Gasteiger partial charge in [0.1, 0.15) is 6.54 Å². The van der Waals surface area contributed by atoms with E-state index < -0.39 is 0 Å². The van der Waals surface area contributed by atoms with Gasteiger partial charge in [-0.25, -0.2) is 0 Å². The average Bonchev–Trinajstić information content (AvgIpc) is 2.32. The lowest BCUT2D eigenvalue weighted by atomic mass is 10.4. The van der Waals surface area contributed by atoms with Crippen LogP contribution in [0.5, 0.6) is 0 Å². The maximum atomic E-state index is 10.8. The minimum atomic E-state index is -0.241. The first-order valence-electron chi connectivity index (χ1n) is 6.56. The zero-order valence-corrected chi connectivity index (χ0v) is 12.2. The van der Waals surface area contributed by atoms with E-state index in [0.717, 1.165) is 17.6 Å². The fourth-order valence-corrected chi connectivity index (χ4v) is 1.61. The smallest absolute Gasteiger partial charge is 0.307 e. The highest BCUT2D eigenvalue weighted by molar-refractivity contribution is 5.69. The Balaban J connectivity index is 3.28. The molecule has 0 unspecified atom stereocenters. The molecule has 0 aliphatic rings. The molecule has 0 saturated heterocycles. The van der Waals surface area contributed by atoms with Gasteiger partial charge in [0.2, 0.25) is 0 Å². The highest BCUT2D eigenvalue weighted by Gasteiger charge is 2.12. The molecule has 0 aromatic heterocycles. The van der Waals surface area contributed by atoms with Crippen molar-refractivity contribution in [1.82, 2.24) is 0 Å². The van der Waals surface area contributed by atoms with Gasteiger partial charge in [-0.2, -0.15) is 0 Å². The van der Waals surface area contributed by atoms with E-state index in [1.54, 1.807) is 0 Å². The zero-order chi connectivity index (χ0) is 13.9. The molecule has 0 aliphatic carbocycles. The number of esters is 1.